The molecule has 692 valence electrons. The maximum Gasteiger partial charge on any atom is 0.293 e. The average molecular weight is 1770 g/mol. The van der Waals surface area contributed by atoms with E-state index in [0.29, 0.717) is 68.4 Å². The fraction of sp³-hybridized carbons (Fsp3) is 0.596. The molecule has 31 nitrogen and oxygen atoms in total. The lowest BCUT2D eigenvalue weighted by Gasteiger charge is -2.35. The molecular weight excluding hydrogens is 1630 g/mol. The molecule has 126 heavy (non-hydrogen) atoms. The van der Waals surface area contributed by atoms with E-state index < -0.39 is 126 Å². The van der Waals surface area contributed by atoms with Crippen LogP contribution in [-0.4, -0.2) is 206 Å². The van der Waals surface area contributed by atoms with E-state index in [1.807, 2.05) is 67.6 Å². The molecule has 5 aromatic rings. The minimum Gasteiger partial charge on any atom is -0.468 e. The molecule has 2 aromatic heterocycles. The second-order valence-corrected chi connectivity index (χ2v) is 34.4. The molecule has 1 aliphatic rings. The number of likely N-dealkylation sites (tertiary alicyclic amines) is 1. The number of nitrogens with one attached hydrogen (secondary N) is 7. The van der Waals surface area contributed by atoms with Gasteiger partial charge in [-0.2, -0.15) is 0 Å². The number of rotatable bonds is 67. The first-order valence-corrected chi connectivity index (χ1v) is 46.5. The number of carbonyl (C=O) groups is 13. The Morgan fingerprint density at radius 3 is 1.75 bits per heavy atom. The summed E-state index contributed by atoms with van der Waals surface area (Å²) >= 11 is 0.773. The van der Waals surface area contributed by atoms with Crippen molar-refractivity contribution in [1.82, 2.24) is 51.3 Å². The first-order chi connectivity index (χ1) is 60.8. The van der Waals surface area contributed by atoms with Gasteiger partial charge in [0.1, 0.15) is 17.9 Å². The van der Waals surface area contributed by atoms with Crippen LogP contribution in [0.2, 0.25) is 0 Å². The Morgan fingerprint density at radius 2 is 1.17 bits per heavy atom. The SMILES string of the molecule is CCCCCCCCCCCCCCCCNC(=O)CN(CC)C(=O)CCCCCCC(=O)C(Cc1c[nH]c2ccccc12)NC(=O)C(CCCN=C(N)N)CC(=O)C(CSC(C)=O)NC(=O)C(CCCN=C(N)N)CC(=O)CC1CCCN1C(=O)C(NC(=O)C(CC(=O)C(NC(=O)CCCOC=O)C(C)O)Cc1cnc[nH]1)C(c1ccccc1)c1ccccc1. The Hall–Kier alpha value is -10.6. The molecule has 0 saturated carbocycles. The number of unbranched alkanes of at least 4 members (excludes halogenated alkanes) is 16. The number of imidazole rings is 1. The number of hydrogen-bond donors (Lipinski definition) is 12. The zero-order valence-corrected chi connectivity index (χ0v) is 75.3. The normalized spacial score (nSPS) is 14.4. The van der Waals surface area contributed by atoms with Gasteiger partial charge in [-0.15, -0.1) is 0 Å². The van der Waals surface area contributed by atoms with Gasteiger partial charge in [0.15, 0.2) is 34.4 Å². The molecule has 3 heterocycles. The van der Waals surface area contributed by atoms with Gasteiger partial charge in [0.25, 0.3) is 6.47 Å². The van der Waals surface area contributed by atoms with E-state index >= 15 is 24.0 Å². The van der Waals surface area contributed by atoms with Gasteiger partial charge in [0, 0.05) is 156 Å². The van der Waals surface area contributed by atoms with Crippen molar-refractivity contribution in [3.63, 3.8) is 0 Å². The van der Waals surface area contributed by atoms with Gasteiger partial charge in [-0.25, -0.2) is 4.98 Å². The Balaban J connectivity index is 1.16. The van der Waals surface area contributed by atoms with Crippen LogP contribution < -0.4 is 49.5 Å². The Kier molecular flexibility index (Phi) is 49.1. The van der Waals surface area contributed by atoms with Crippen LogP contribution in [0, 0.1) is 17.8 Å². The van der Waals surface area contributed by atoms with Crippen molar-refractivity contribution in [3.8, 4) is 0 Å². The number of carbonyl (C=O) groups excluding carboxylic acids is 13. The number of aromatic amines is 2. The number of ether oxygens (including phenoxy) is 1. The largest absolute Gasteiger partial charge is 0.468 e. The second kappa shape index (κ2) is 59.4. The number of benzene rings is 3. The number of nitrogens with zero attached hydrogens (tertiary/aromatic N) is 5. The number of ketones is 4. The van der Waals surface area contributed by atoms with Crippen molar-refractivity contribution in [2.24, 2.45) is 50.7 Å². The molecule has 32 heteroatoms. The van der Waals surface area contributed by atoms with Gasteiger partial charge in [0.05, 0.1) is 43.6 Å². The van der Waals surface area contributed by atoms with E-state index in [9.17, 15) is 43.5 Å². The average Bonchev–Trinajstić information content (AvgIpc) is 1.31. The van der Waals surface area contributed by atoms with Gasteiger partial charge < -0.3 is 79.1 Å². The number of aliphatic imine (C=N–C) groups is 2. The lowest BCUT2D eigenvalue weighted by Crippen LogP contribution is -2.55. The van der Waals surface area contributed by atoms with Crippen LogP contribution in [0.1, 0.15) is 261 Å². The third-order valence-corrected chi connectivity index (χ3v) is 24.1. The van der Waals surface area contributed by atoms with Crippen LogP contribution in [0.25, 0.3) is 10.9 Å². The third kappa shape index (κ3) is 39.1. The van der Waals surface area contributed by atoms with E-state index in [1.54, 1.807) is 40.3 Å². The van der Waals surface area contributed by atoms with E-state index in [0.717, 1.165) is 47.5 Å². The zero-order valence-electron chi connectivity index (χ0n) is 74.5. The summed E-state index contributed by atoms with van der Waals surface area (Å²) in [6, 6.07) is 19.6. The number of aromatic nitrogens is 3. The fourth-order valence-electron chi connectivity index (χ4n) is 16.3. The number of hydrogen-bond acceptors (Lipinski definition) is 19. The monoisotopic (exact) mass is 1770 g/mol. The molecule has 7 amide bonds. The maximum absolute atomic E-state index is 15.9. The number of Topliss-reactive ketones (excluding diaryl/α,β-unsaturated/α-hetero) is 4. The molecule has 9 unspecified atom stereocenters. The maximum atomic E-state index is 15.9. The Morgan fingerprint density at radius 1 is 0.611 bits per heavy atom. The van der Waals surface area contributed by atoms with Crippen molar-refractivity contribution in [2.75, 3.05) is 51.6 Å². The molecule has 0 bridgehead atoms. The number of aliphatic hydroxyl groups excluding tert-OH is 1. The Labute approximate surface area is 746 Å². The third-order valence-electron chi connectivity index (χ3n) is 23.2. The summed E-state index contributed by atoms with van der Waals surface area (Å²) in [6.07, 6.45) is 22.9. The highest BCUT2D eigenvalue weighted by Crippen LogP contribution is 2.34. The summed E-state index contributed by atoms with van der Waals surface area (Å²) in [5.41, 5.74) is 26.2. The summed E-state index contributed by atoms with van der Waals surface area (Å²) in [5, 5.41) is 25.8. The second-order valence-electron chi connectivity index (χ2n) is 33.2. The topological polar surface area (TPSA) is 491 Å². The summed E-state index contributed by atoms with van der Waals surface area (Å²) in [7, 11) is 0. The molecular formula is C94H140N16O15S. The van der Waals surface area contributed by atoms with Gasteiger partial charge in [-0.1, -0.05) is 194 Å². The summed E-state index contributed by atoms with van der Waals surface area (Å²) < 4.78 is 4.70. The summed E-state index contributed by atoms with van der Waals surface area (Å²) in [4.78, 5) is 205. The molecule has 9 atom stereocenters. The first kappa shape index (κ1) is 104. The number of H-pyrrole nitrogens is 2. The van der Waals surface area contributed by atoms with E-state index in [2.05, 4.69) is 58.4 Å². The van der Waals surface area contributed by atoms with E-state index in [1.165, 1.54) is 97.0 Å². The highest BCUT2D eigenvalue weighted by Gasteiger charge is 2.43. The van der Waals surface area contributed by atoms with Crippen LogP contribution in [0.4, 0.5) is 0 Å². The van der Waals surface area contributed by atoms with Gasteiger partial charge in [0.2, 0.25) is 41.4 Å². The van der Waals surface area contributed by atoms with Gasteiger partial charge in [-0.3, -0.25) is 72.3 Å². The number of para-hydroxylation sites is 1. The van der Waals surface area contributed by atoms with Crippen molar-refractivity contribution in [2.45, 2.75) is 288 Å². The summed E-state index contributed by atoms with van der Waals surface area (Å²) in [5.74, 6) is -10.5. The first-order valence-electron chi connectivity index (χ1n) is 45.6. The lowest BCUT2D eigenvalue weighted by atomic mass is 9.83. The standard InChI is InChI=1S/C94H140N16O15S/c1-5-7-8-9-10-11-12-13-14-15-16-17-20-31-48-100-84(119)61-109(6-2)85(120)47-28-19-18-27-45-80(115)78(55-72-59-103-77-44-30-29-43-76(72)77)105-90(122)70(41-33-50-102-94(97)98)56-81(116)79(62-126-66(4)113)106-89(121)69(40-32-49-101-93(95)96)54-75(114)58-74-42-34-51-110(74)92(124)88(86(67-36-23-21-24-37-67)68-38-25-22-26-39-68)108-91(123)71(53-73-60-99-63-104-73)57-82(117)87(65(3)112)107-83(118)46-35-52-125-64-111/h21-26,29-30,36-39,43-44,59-60,63-65,69-71,74,78-79,86-88,103,112H,5-20,27-28,31-35,40-42,45-58,61-62H2,1-4H3,(H,99,104)(H,100,119)(H,105,122)(H,106,121)(H,107,118)(H,108,123)(H4,95,96,101)(H4,97,98,102). The van der Waals surface area contributed by atoms with Crippen LogP contribution in [0.15, 0.2) is 114 Å². The number of thioether (sulfide) groups is 1. The highest BCUT2D eigenvalue weighted by molar-refractivity contribution is 8.13. The van der Waals surface area contributed by atoms with Gasteiger partial charge in [-0.05, 0) is 101 Å². The molecule has 3 aromatic carbocycles. The molecule has 1 aliphatic heterocycles. The van der Waals surface area contributed by atoms with Crippen molar-refractivity contribution in [3.05, 3.63) is 126 Å². The molecule has 1 fully saturated rings. The number of aliphatic hydroxyl groups is 1. The molecule has 0 aliphatic carbocycles. The Bertz CT molecular complexity index is 4190. The van der Waals surface area contributed by atoms with Crippen molar-refractivity contribution in [1.29, 1.82) is 0 Å². The highest BCUT2D eigenvalue weighted by atomic mass is 32.2. The predicted molar refractivity (Wildman–Crippen MR) is 490 cm³/mol. The minimum atomic E-state index is -1.45. The van der Waals surface area contributed by atoms with Crippen LogP contribution in [-0.2, 0) is 79.9 Å². The van der Waals surface area contributed by atoms with Crippen molar-refractivity contribution < 1.29 is 72.2 Å². The van der Waals surface area contributed by atoms with E-state index in [-0.39, 0.29) is 150 Å². The smallest absolute Gasteiger partial charge is 0.293 e. The number of likely N-dealkylation sites (N-methyl/N-ethyl adjacent to an activating group) is 1. The van der Waals surface area contributed by atoms with E-state index in [4.69, 9.17) is 27.7 Å². The predicted octanol–water partition coefficient (Wildman–Crippen LogP) is 9.63. The molecule has 1 saturated heterocycles. The molecule has 6 rings (SSSR count). The quantitative estimate of drug-likeness (QED) is 0.00745. The van der Waals surface area contributed by atoms with Crippen LogP contribution >= 0.6 is 11.8 Å². The number of guanidine groups is 2. The lowest BCUT2D eigenvalue weighted by molar-refractivity contribution is -0.140. The van der Waals surface area contributed by atoms with Crippen molar-refractivity contribution >= 4 is 111 Å². The fourth-order valence-corrected chi connectivity index (χ4v) is 16.9. The minimum absolute atomic E-state index is 0.0150. The van der Waals surface area contributed by atoms with Gasteiger partial charge >= 0.3 is 0 Å². The van der Waals surface area contributed by atoms with Crippen LogP contribution in [0.5, 0.6) is 0 Å². The zero-order chi connectivity index (χ0) is 91.4. The number of fused-ring (bicyclic) bond motifs is 1. The number of nitrogens with two attached hydrogens (primary N) is 4. The number of amides is 7. The molecule has 16 N–H and O–H groups in total. The molecule has 0 radical (unpaired) electrons. The van der Waals surface area contributed by atoms with Crippen LogP contribution in [0.3, 0.4) is 0 Å². The molecule has 0 spiro atoms. The summed E-state index contributed by atoms with van der Waals surface area (Å²) in [6.45, 7) is 8.16.